The van der Waals surface area contributed by atoms with Crippen molar-refractivity contribution in [1.29, 1.82) is 0 Å². The number of benzene rings is 1. The zero-order valence-electron chi connectivity index (χ0n) is 12.3. The van der Waals surface area contributed by atoms with E-state index >= 15 is 0 Å². The molecule has 0 fully saturated rings. The van der Waals surface area contributed by atoms with Crippen molar-refractivity contribution in [3.05, 3.63) is 35.9 Å². The Kier molecular flexibility index (Phi) is 5.65. The van der Waals surface area contributed by atoms with Crippen LogP contribution in [-0.2, 0) is 0 Å². The highest BCUT2D eigenvalue weighted by atomic mass is 28.3. The van der Waals surface area contributed by atoms with E-state index in [0.717, 1.165) is 13.1 Å². The van der Waals surface area contributed by atoms with Gasteiger partial charge in [0.15, 0.2) is 0 Å². The first kappa shape index (κ1) is 15.0. The lowest BCUT2D eigenvalue weighted by Gasteiger charge is -2.26. The van der Waals surface area contributed by atoms with Crippen LogP contribution >= 0.6 is 0 Å². The zero-order chi connectivity index (χ0) is 13.6. The topological polar surface area (TPSA) is 3.24 Å². The van der Waals surface area contributed by atoms with Crippen LogP contribution in [0.3, 0.4) is 0 Å². The molecule has 0 bridgehead atoms. The van der Waals surface area contributed by atoms with E-state index < -0.39 is 8.07 Å². The molecule has 0 amide bonds. The largest absolute Gasteiger partial charge is 0.287 e. The Hall–Kier alpha value is -1.04. The molecule has 0 aliphatic heterocycles. The molecule has 0 spiro atoms. The van der Waals surface area contributed by atoms with Gasteiger partial charge in [-0.1, -0.05) is 69.7 Å². The van der Waals surface area contributed by atoms with Gasteiger partial charge in [-0.15, -0.1) is 5.54 Å². The van der Waals surface area contributed by atoms with Crippen LogP contribution in [0.2, 0.25) is 19.6 Å². The minimum Gasteiger partial charge on any atom is -0.287 e. The van der Waals surface area contributed by atoms with Crippen LogP contribution in [0.4, 0.5) is 0 Å². The summed E-state index contributed by atoms with van der Waals surface area (Å²) in [6, 6.07) is 10.9. The van der Waals surface area contributed by atoms with Gasteiger partial charge in [0.05, 0.1) is 6.04 Å². The minimum absolute atomic E-state index is 0.243. The molecule has 18 heavy (non-hydrogen) atoms. The standard InChI is InChI=1S/C16H25NSi/c1-6-17(7-2)16(13-14-18(3,4)5)15-11-9-8-10-12-15/h8-12,16H,6-7H2,1-5H3/t16-/m1/s1. The first-order chi connectivity index (χ1) is 8.48. The molecular weight excluding hydrogens is 234 g/mol. The van der Waals surface area contributed by atoms with Gasteiger partial charge in [-0.25, -0.2) is 0 Å². The number of nitrogens with zero attached hydrogens (tertiary/aromatic N) is 1. The van der Waals surface area contributed by atoms with Gasteiger partial charge in [-0.2, -0.15) is 0 Å². The van der Waals surface area contributed by atoms with Crippen molar-refractivity contribution >= 4 is 8.07 Å². The average molecular weight is 259 g/mol. The van der Waals surface area contributed by atoms with Gasteiger partial charge >= 0.3 is 0 Å². The summed E-state index contributed by atoms with van der Waals surface area (Å²) in [7, 11) is -1.31. The predicted octanol–water partition coefficient (Wildman–Crippen LogP) is 3.95. The molecule has 0 aliphatic carbocycles. The van der Waals surface area contributed by atoms with Crippen LogP contribution < -0.4 is 0 Å². The lowest BCUT2D eigenvalue weighted by Crippen LogP contribution is -2.28. The second-order valence-electron chi connectivity index (χ2n) is 5.55. The van der Waals surface area contributed by atoms with Crippen LogP contribution in [0.15, 0.2) is 30.3 Å². The molecule has 0 saturated heterocycles. The Morgan fingerprint density at radius 1 is 1.06 bits per heavy atom. The van der Waals surface area contributed by atoms with Gasteiger partial charge in [0.25, 0.3) is 0 Å². The van der Waals surface area contributed by atoms with Crippen molar-refractivity contribution in [3.63, 3.8) is 0 Å². The fourth-order valence-electron chi connectivity index (χ4n) is 1.89. The highest BCUT2D eigenvalue weighted by Gasteiger charge is 2.16. The van der Waals surface area contributed by atoms with Crippen LogP contribution in [0.25, 0.3) is 0 Å². The molecule has 0 radical (unpaired) electrons. The summed E-state index contributed by atoms with van der Waals surface area (Å²) in [6.07, 6.45) is 0. The van der Waals surface area contributed by atoms with Crippen LogP contribution in [0, 0.1) is 11.5 Å². The third-order valence-electron chi connectivity index (χ3n) is 2.88. The Labute approximate surface area is 113 Å². The average Bonchev–Trinajstić information content (AvgIpc) is 2.34. The first-order valence-electron chi connectivity index (χ1n) is 6.79. The maximum absolute atomic E-state index is 3.52. The molecule has 98 valence electrons. The van der Waals surface area contributed by atoms with Crippen molar-refractivity contribution in [2.45, 2.75) is 39.5 Å². The fraction of sp³-hybridized carbons (Fsp3) is 0.500. The van der Waals surface area contributed by atoms with E-state index in [1.54, 1.807) is 0 Å². The third-order valence-corrected chi connectivity index (χ3v) is 3.77. The molecule has 2 heteroatoms. The Morgan fingerprint density at radius 2 is 1.61 bits per heavy atom. The second kappa shape index (κ2) is 6.77. The van der Waals surface area contributed by atoms with E-state index in [9.17, 15) is 0 Å². The van der Waals surface area contributed by atoms with E-state index in [4.69, 9.17) is 0 Å². The second-order valence-corrected chi connectivity index (χ2v) is 10.3. The van der Waals surface area contributed by atoms with Crippen LogP contribution in [0.5, 0.6) is 0 Å². The van der Waals surface area contributed by atoms with E-state index in [1.165, 1.54) is 5.56 Å². The Morgan fingerprint density at radius 3 is 2.06 bits per heavy atom. The van der Waals surface area contributed by atoms with Gasteiger partial charge in [0.2, 0.25) is 0 Å². The highest BCUT2D eigenvalue weighted by molar-refractivity contribution is 6.83. The van der Waals surface area contributed by atoms with Gasteiger partial charge in [-0.05, 0) is 18.7 Å². The molecule has 1 rings (SSSR count). The molecular formula is C16H25NSi. The van der Waals surface area contributed by atoms with Crippen molar-refractivity contribution in [2.24, 2.45) is 0 Å². The quantitative estimate of drug-likeness (QED) is 0.584. The lowest BCUT2D eigenvalue weighted by atomic mass is 10.1. The van der Waals surface area contributed by atoms with Crippen molar-refractivity contribution in [1.82, 2.24) is 4.90 Å². The molecule has 0 N–H and O–H groups in total. The Balaban J connectivity index is 3.06. The molecule has 0 unspecified atom stereocenters. The molecule has 0 aliphatic rings. The summed E-state index contributed by atoms with van der Waals surface area (Å²) in [4.78, 5) is 2.42. The molecule has 1 aromatic rings. The maximum atomic E-state index is 3.52. The van der Waals surface area contributed by atoms with E-state index in [2.05, 4.69) is 80.2 Å². The van der Waals surface area contributed by atoms with E-state index in [1.807, 2.05) is 0 Å². The normalized spacial score (nSPS) is 13.0. The predicted molar refractivity (Wildman–Crippen MR) is 83.2 cm³/mol. The number of hydrogen-bond acceptors (Lipinski definition) is 1. The molecule has 0 saturated carbocycles. The smallest absolute Gasteiger partial charge is 0.129 e. The summed E-state index contributed by atoms with van der Waals surface area (Å²) in [6.45, 7) is 13.4. The van der Waals surface area contributed by atoms with Gasteiger partial charge in [0, 0.05) is 0 Å². The van der Waals surface area contributed by atoms with Crippen LogP contribution in [0.1, 0.15) is 25.5 Å². The highest BCUT2D eigenvalue weighted by Crippen LogP contribution is 2.19. The SMILES string of the molecule is CCN(CC)[C@H](C#C[Si](C)(C)C)c1ccccc1. The summed E-state index contributed by atoms with van der Waals surface area (Å²) in [5, 5.41) is 0. The Bertz CT molecular complexity index is 404. The summed E-state index contributed by atoms with van der Waals surface area (Å²) >= 11 is 0. The van der Waals surface area contributed by atoms with Gasteiger partial charge in [-0.3, -0.25) is 4.90 Å². The van der Waals surface area contributed by atoms with Crippen molar-refractivity contribution in [2.75, 3.05) is 13.1 Å². The number of hydrogen-bond donors (Lipinski definition) is 0. The summed E-state index contributed by atoms with van der Waals surface area (Å²) < 4.78 is 0. The van der Waals surface area contributed by atoms with Crippen molar-refractivity contribution in [3.8, 4) is 11.5 Å². The summed E-state index contributed by atoms with van der Waals surface area (Å²) in [5.74, 6) is 3.52. The molecule has 1 aromatic carbocycles. The first-order valence-corrected chi connectivity index (χ1v) is 10.3. The molecule has 1 nitrogen and oxygen atoms in total. The monoisotopic (exact) mass is 259 g/mol. The lowest BCUT2D eigenvalue weighted by molar-refractivity contribution is 0.264. The molecule has 0 aromatic heterocycles. The molecule has 1 atom stereocenters. The summed E-state index contributed by atoms with van der Waals surface area (Å²) in [5.41, 5.74) is 4.83. The zero-order valence-corrected chi connectivity index (χ0v) is 13.3. The number of rotatable bonds is 4. The van der Waals surface area contributed by atoms with Gasteiger partial charge < -0.3 is 0 Å². The minimum atomic E-state index is -1.31. The van der Waals surface area contributed by atoms with E-state index in [-0.39, 0.29) is 6.04 Å². The van der Waals surface area contributed by atoms with Gasteiger partial charge in [0.1, 0.15) is 8.07 Å². The van der Waals surface area contributed by atoms with Crippen molar-refractivity contribution < 1.29 is 0 Å². The maximum Gasteiger partial charge on any atom is 0.129 e. The molecule has 0 heterocycles. The fourth-order valence-corrected chi connectivity index (χ4v) is 2.46. The third kappa shape index (κ3) is 4.68. The van der Waals surface area contributed by atoms with E-state index in [0.29, 0.717) is 0 Å². The van der Waals surface area contributed by atoms with Crippen LogP contribution in [-0.4, -0.2) is 26.1 Å².